The van der Waals surface area contributed by atoms with Gasteiger partial charge in [0, 0.05) is 6.07 Å². The molecule has 1 aliphatic heterocycles. The highest BCUT2D eigenvalue weighted by atomic mass is 19.1. The quantitative estimate of drug-likeness (QED) is 0.571. The summed E-state index contributed by atoms with van der Waals surface area (Å²) in [4.78, 5) is 9.70. The summed E-state index contributed by atoms with van der Waals surface area (Å²) in [6.07, 6.45) is 2.75. The van der Waals surface area contributed by atoms with Crippen LogP contribution in [-0.4, -0.2) is 18.1 Å². The molecule has 0 unspecified atom stereocenters. The minimum absolute atomic E-state index is 0.428. The first kappa shape index (κ1) is 10.8. The highest BCUT2D eigenvalue weighted by Crippen LogP contribution is 2.24. The van der Waals surface area contributed by atoms with E-state index in [1.165, 1.54) is 12.1 Å². The smallest absolute Gasteiger partial charge is 0.304 e. The first-order valence-corrected chi connectivity index (χ1v) is 4.89. The van der Waals surface area contributed by atoms with Crippen LogP contribution in [0, 0.1) is 15.9 Å². The second kappa shape index (κ2) is 4.40. The largest absolute Gasteiger partial charge is 0.376 e. The van der Waals surface area contributed by atoms with Crippen LogP contribution in [0.3, 0.4) is 0 Å². The Bertz CT molecular complexity index is 457. The van der Waals surface area contributed by atoms with Gasteiger partial charge in [-0.05, 0) is 29.7 Å². The number of nitro groups is 1. The fraction of sp³-hybridized carbons (Fsp3) is 0.273. The monoisotopic (exact) mass is 223 g/mol. The normalized spacial score (nSPS) is 15.7. The van der Waals surface area contributed by atoms with Crippen molar-refractivity contribution in [1.29, 1.82) is 0 Å². The summed E-state index contributed by atoms with van der Waals surface area (Å²) >= 11 is 0. The maximum atomic E-state index is 13.3. The number of hydrogen-bond acceptors (Lipinski definition) is 3. The Morgan fingerprint density at radius 2 is 2.25 bits per heavy atom. The van der Waals surface area contributed by atoms with E-state index in [2.05, 4.69) is 0 Å². The molecule has 84 valence electrons. The lowest BCUT2D eigenvalue weighted by Crippen LogP contribution is -2.05. The number of hydrogen-bond donors (Lipinski definition) is 0. The first-order valence-electron chi connectivity index (χ1n) is 4.89. The van der Waals surface area contributed by atoms with Gasteiger partial charge in [0.15, 0.2) is 0 Å². The van der Waals surface area contributed by atoms with Crippen LogP contribution in [0.25, 0.3) is 5.57 Å². The van der Waals surface area contributed by atoms with Crippen LogP contribution in [0.15, 0.2) is 24.3 Å². The summed E-state index contributed by atoms with van der Waals surface area (Å²) in [5.74, 6) is -0.811. The molecule has 1 aromatic rings. The second-order valence-electron chi connectivity index (χ2n) is 3.49. The SMILES string of the molecule is O=[N+]([O-])c1ccc(C2=CCCOC2)cc1F. The number of rotatable bonds is 2. The number of benzene rings is 1. The molecular weight excluding hydrogens is 213 g/mol. The predicted molar refractivity (Wildman–Crippen MR) is 56.5 cm³/mol. The molecule has 1 aliphatic rings. The zero-order valence-corrected chi connectivity index (χ0v) is 8.48. The van der Waals surface area contributed by atoms with Gasteiger partial charge >= 0.3 is 5.69 Å². The average Bonchev–Trinajstić information content (AvgIpc) is 2.29. The average molecular weight is 223 g/mol. The molecule has 2 rings (SSSR count). The van der Waals surface area contributed by atoms with Crippen LogP contribution in [0.4, 0.5) is 10.1 Å². The van der Waals surface area contributed by atoms with Gasteiger partial charge < -0.3 is 4.74 Å². The van der Waals surface area contributed by atoms with Crippen molar-refractivity contribution in [3.8, 4) is 0 Å². The molecule has 16 heavy (non-hydrogen) atoms. The van der Waals surface area contributed by atoms with Crippen LogP contribution in [-0.2, 0) is 4.74 Å². The Balaban J connectivity index is 2.33. The van der Waals surface area contributed by atoms with Crippen molar-refractivity contribution in [2.24, 2.45) is 0 Å². The molecule has 0 spiro atoms. The van der Waals surface area contributed by atoms with Crippen molar-refractivity contribution in [3.05, 3.63) is 45.8 Å². The Kier molecular flexibility index (Phi) is 2.96. The van der Waals surface area contributed by atoms with Gasteiger partial charge in [0.2, 0.25) is 5.82 Å². The maximum absolute atomic E-state index is 13.3. The van der Waals surface area contributed by atoms with Crippen molar-refractivity contribution < 1.29 is 14.1 Å². The standard InChI is InChI=1S/C11H10FNO3/c12-10-6-8(3-4-11(10)13(14)15)9-2-1-5-16-7-9/h2-4,6H,1,5,7H2. The number of ether oxygens (including phenoxy) is 1. The van der Waals surface area contributed by atoms with E-state index in [1.807, 2.05) is 6.08 Å². The summed E-state index contributed by atoms with van der Waals surface area (Å²) in [5.41, 5.74) is 1.02. The number of nitrogens with zero attached hydrogens (tertiary/aromatic N) is 1. The van der Waals surface area contributed by atoms with Gasteiger partial charge in [-0.15, -0.1) is 0 Å². The molecule has 5 heteroatoms. The van der Waals surface area contributed by atoms with Crippen LogP contribution in [0.5, 0.6) is 0 Å². The Hall–Kier alpha value is -1.75. The Morgan fingerprint density at radius 3 is 2.81 bits per heavy atom. The molecular formula is C11H10FNO3. The minimum atomic E-state index is -0.811. The summed E-state index contributed by atoms with van der Waals surface area (Å²) in [5, 5.41) is 10.4. The molecule has 0 saturated heterocycles. The molecule has 0 aromatic heterocycles. The molecule has 0 N–H and O–H groups in total. The Morgan fingerprint density at radius 1 is 1.44 bits per heavy atom. The van der Waals surface area contributed by atoms with E-state index in [9.17, 15) is 14.5 Å². The van der Waals surface area contributed by atoms with E-state index in [1.54, 1.807) is 6.07 Å². The van der Waals surface area contributed by atoms with Gasteiger partial charge in [0.25, 0.3) is 0 Å². The van der Waals surface area contributed by atoms with Gasteiger partial charge in [-0.3, -0.25) is 10.1 Å². The van der Waals surface area contributed by atoms with E-state index in [0.29, 0.717) is 18.8 Å². The molecule has 0 fully saturated rings. The fourth-order valence-corrected chi connectivity index (χ4v) is 1.61. The third-order valence-corrected chi connectivity index (χ3v) is 2.43. The molecule has 1 aromatic carbocycles. The van der Waals surface area contributed by atoms with Crippen molar-refractivity contribution in [3.63, 3.8) is 0 Å². The van der Waals surface area contributed by atoms with Crippen molar-refractivity contribution in [1.82, 2.24) is 0 Å². The van der Waals surface area contributed by atoms with Crippen LogP contribution in [0.1, 0.15) is 12.0 Å². The minimum Gasteiger partial charge on any atom is -0.376 e. The number of nitro benzene ring substituents is 1. The van der Waals surface area contributed by atoms with Gasteiger partial charge in [-0.25, -0.2) is 0 Å². The van der Waals surface area contributed by atoms with Gasteiger partial charge in [0.05, 0.1) is 18.1 Å². The topological polar surface area (TPSA) is 52.4 Å². The van der Waals surface area contributed by atoms with E-state index >= 15 is 0 Å². The lowest BCUT2D eigenvalue weighted by Gasteiger charge is -2.13. The van der Waals surface area contributed by atoms with E-state index in [4.69, 9.17) is 4.74 Å². The number of halogens is 1. The zero-order chi connectivity index (χ0) is 11.5. The van der Waals surface area contributed by atoms with E-state index in [0.717, 1.165) is 12.0 Å². The predicted octanol–water partition coefficient (Wildman–Crippen LogP) is 2.54. The molecule has 0 radical (unpaired) electrons. The fourth-order valence-electron chi connectivity index (χ4n) is 1.61. The molecule has 4 nitrogen and oxygen atoms in total. The van der Waals surface area contributed by atoms with Crippen molar-refractivity contribution in [2.75, 3.05) is 13.2 Å². The lowest BCUT2D eigenvalue weighted by atomic mass is 10.0. The molecule has 1 heterocycles. The van der Waals surface area contributed by atoms with Crippen LogP contribution >= 0.6 is 0 Å². The molecule has 0 amide bonds. The van der Waals surface area contributed by atoms with Gasteiger partial charge in [-0.1, -0.05) is 6.08 Å². The summed E-state index contributed by atoms with van der Waals surface area (Å²) in [6.45, 7) is 1.09. The summed E-state index contributed by atoms with van der Waals surface area (Å²) in [7, 11) is 0. The maximum Gasteiger partial charge on any atom is 0.304 e. The van der Waals surface area contributed by atoms with Gasteiger partial charge in [-0.2, -0.15) is 4.39 Å². The lowest BCUT2D eigenvalue weighted by molar-refractivity contribution is -0.387. The highest BCUT2D eigenvalue weighted by molar-refractivity contribution is 5.67. The highest BCUT2D eigenvalue weighted by Gasteiger charge is 2.15. The summed E-state index contributed by atoms with van der Waals surface area (Å²) in [6, 6.07) is 3.90. The first-order chi connectivity index (χ1) is 7.68. The second-order valence-corrected chi connectivity index (χ2v) is 3.49. The summed E-state index contributed by atoms with van der Waals surface area (Å²) < 4.78 is 18.6. The van der Waals surface area contributed by atoms with Crippen LogP contribution in [0.2, 0.25) is 0 Å². The molecule has 0 bridgehead atoms. The van der Waals surface area contributed by atoms with Crippen molar-refractivity contribution in [2.45, 2.75) is 6.42 Å². The van der Waals surface area contributed by atoms with Crippen molar-refractivity contribution >= 4 is 11.3 Å². The molecule has 0 atom stereocenters. The third kappa shape index (κ3) is 2.09. The van der Waals surface area contributed by atoms with Crippen LogP contribution < -0.4 is 0 Å². The Labute approximate surface area is 91.5 Å². The zero-order valence-electron chi connectivity index (χ0n) is 8.48. The molecule has 0 saturated carbocycles. The van der Waals surface area contributed by atoms with E-state index < -0.39 is 16.4 Å². The third-order valence-electron chi connectivity index (χ3n) is 2.43. The van der Waals surface area contributed by atoms with Gasteiger partial charge in [0.1, 0.15) is 0 Å². The van der Waals surface area contributed by atoms with E-state index in [-0.39, 0.29) is 0 Å². The molecule has 0 aliphatic carbocycles.